The van der Waals surface area contributed by atoms with Crippen molar-refractivity contribution in [3.05, 3.63) is 69.7 Å². The normalized spacial score (nSPS) is 12.2. The van der Waals surface area contributed by atoms with Gasteiger partial charge in [0.05, 0.1) is 0 Å². The summed E-state index contributed by atoms with van der Waals surface area (Å²) < 4.78 is 0. The molecule has 1 aromatic heterocycles. The highest BCUT2D eigenvalue weighted by molar-refractivity contribution is 6.32. The van der Waals surface area contributed by atoms with Gasteiger partial charge in [-0.2, -0.15) is 0 Å². The molecule has 1 N–H and O–H groups in total. The second kappa shape index (κ2) is 4.35. The molecule has 2 aromatic carbocycles. The first-order chi connectivity index (χ1) is 8.75. The van der Waals surface area contributed by atoms with Crippen molar-refractivity contribution < 1.29 is 0 Å². The third kappa shape index (κ3) is 1.83. The Morgan fingerprint density at radius 3 is 2.56 bits per heavy atom. The van der Waals surface area contributed by atoms with E-state index >= 15 is 0 Å². The summed E-state index contributed by atoms with van der Waals surface area (Å²) in [5.41, 5.74) is 2.11. The van der Waals surface area contributed by atoms with E-state index in [9.17, 15) is 0 Å². The molecule has 0 saturated heterocycles. The Kier molecular flexibility index (Phi) is 2.69. The Morgan fingerprint density at radius 1 is 1.00 bits per heavy atom. The van der Waals surface area contributed by atoms with Gasteiger partial charge in [0, 0.05) is 26.5 Å². The van der Waals surface area contributed by atoms with Gasteiger partial charge >= 0.3 is 0 Å². The number of H-pyrrole nitrogens is 1. The zero-order chi connectivity index (χ0) is 12.5. The van der Waals surface area contributed by atoms with Gasteiger partial charge in [-0.1, -0.05) is 54.6 Å². The van der Waals surface area contributed by atoms with Gasteiger partial charge in [0.2, 0.25) is 0 Å². The first-order valence-electron chi connectivity index (χ1n) is 5.77. The molecule has 0 saturated carbocycles. The van der Waals surface area contributed by atoms with Crippen LogP contribution in [0.2, 0.25) is 5.02 Å². The lowest BCUT2D eigenvalue weighted by Gasteiger charge is -1.95. The second-order valence-corrected chi connectivity index (χ2v) is 4.64. The van der Waals surface area contributed by atoms with E-state index in [-0.39, 0.29) is 0 Å². The zero-order valence-corrected chi connectivity index (χ0v) is 10.5. The molecule has 0 unspecified atom stereocenters. The molecule has 0 aliphatic heterocycles. The quantitative estimate of drug-likeness (QED) is 0.686. The SMILES string of the molecule is C=c1[nH]c2ccccc2/c1=C/c1ccccc1Cl. The molecular formula is C16H12ClN. The summed E-state index contributed by atoms with van der Waals surface area (Å²) in [5, 5.41) is 3.93. The number of hydrogen-bond donors (Lipinski definition) is 1. The standard InChI is InChI=1S/C16H12ClN/c1-11-14(10-12-6-2-4-8-15(12)17)13-7-3-5-9-16(13)18-11/h2-10,18H,1H2/b14-10+. The van der Waals surface area contributed by atoms with Gasteiger partial charge in [-0.3, -0.25) is 0 Å². The van der Waals surface area contributed by atoms with Crippen molar-refractivity contribution in [2.24, 2.45) is 0 Å². The van der Waals surface area contributed by atoms with Crippen LogP contribution in [0.3, 0.4) is 0 Å². The first-order valence-corrected chi connectivity index (χ1v) is 6.15. The van der Waals surface area contributed by atoms with Crippen molar-refractivity contribution in [1.82, 2.24) is 4.98 Å². The molecule has 1 heterocycles. The number of nitrogens with one attached hydrogen (secondary N) is 1. The molecule has 3 aromatic rings. The molecule has 0 atom stereocenters. The van der Waals surface area contributed by atoms with E-state index in [1.54, 1.807) is 0 Å². The molecule has 0 spiro atoms. The maximum atomic E-state index is 6.18. The Morgan fingerprint density at radius 2 is 1.72 bits per heavy atom. The number of fused-ring (bicyclic) bond motifs is 1. The largest absolute Gasteiger partial charge is 0.355 e. The molecule has 18 heavy (non-hydrogen) atoms. The minimum atomic E-state index is 0.752. The molecule has 1 nitrogen and oxygen atoms in total. The third-order valence-electron chi connectivity index (χ3n) is 3.03. The van der Waals surface area contributed by atoms with Gasteiger partial charge < -0.3 is 4.98 Å². The second-order valence-electron chi connectivity index (χ2n) is 4.23. The minimum absolute atomic E-state index is 0.752. The number of benzene rings is 2. The lowest BCUT2D eigenvalue weighted by Crippen LogP contribution is -2.20. The molecule has 2 heteroatoms. The van der Waals surface area contributed by atoms with E-state index in [1.165, 1.54) is 5.39 Å². The zero-order valence-electron chi connectivity index (χ0n) is 9.78. The van der Waals surface area contributed by atoms with Crippen molar-refractivity contribution in [3.63, 3.8) is 0 Å². The molecule has 0 fully saturated rings. The van der Waals surface area contributed by atoms with E-state index in [2.05, 4.69) is 23.7 Å². The minimum Gasteiger partial charge on any atom is -0.355 e. The van der Waals surface area contributed by atoms with Crippen molar-refractivity contribution in [2.45, 2.75) is 0 Å². The number of para-hydroxylation sites is 1. The summed E-state index contributed by atoms with van der Waals surface area (Å²) in [4.78, 5) is 3.28. The van der Waals surface area contributed by atoms with Crippen LogP contribution in [0.15, 0.2) is 48.5 Å². The average molecular weight is 254 g/mol. The molecular weight excluding hydrogens is 242 g/mol. The van der Waals surface area contributed by atoms with Crippen molar-refractivity contribution in [3.8, 4) is 0 Å². The Hall–Kier alpha value is -1.99. The predicted octanol–water partition coefficient (Wildman–Crippen LogP) is 3.06. The number of hydrogen-bond acceptors (Lipinski definition) is 0. The fraction of sp³-hybridized carbons (Fsp3) is 0. The van der Waals surface area contributed by atoms with E-state index < -0.39 is 0 Å². The van der Waals surface area contributed by atoms with Crippen LogP contribution in [0.4, 0.5) is 0 Å². The molecule has 0 amide bonds. The highest BCUT2D eigenvalue weighted by atomic mass is 35.5. The van der Waals surface area contributed by atoms with E-state index in [1.807, 2.05) is 42.5 Å². The summed E-state index contributed by atoms with van der Waals surface area (Å²) in [7, 11) is 0. The lowest BCUT2D eigenvalue weighted by molar-refractivity contribution is 1.37. The first kappa shape index (κ1) is 11.1. The molecule has 0 aliphatic rings. The van der Waals surface area contributed by atoms with Gasteiger partial charge in [0.1, 0.15) is 0 Å². The monoisotopic (exact) mass is 253 g/mol. The summed E-state index contributed by atoms with van der Waals surface area (Å²) in [6, 6.07) is 16.0. The van der Waals surface area contributed by atoms with Crippen LogP contribution in [0.25, 0.3) is 23.6 Å². The molecule has 3 rings (SSSR count). The fourth-order valence-electron chi connectivity index (χ4n) is 2.13. The summed E-state index contributed by atoms with van der Waals surface area (Å²) in [6.45, 7) is 4.05. The number of rotatable bonds is 1. The third-order valence-corrected chi connectivity index (χ3v) is 3.38. The van der Waals surface area contributed by atoms with Crippen LogP contribution in [0.5, 0.6) is 0 Å². The van der Waals surface area contributed by atoms with Crippen LogP contribution < -0.4 is 10.6 Å². The lowest BCUT2D eigenvalue weighted by atomic mass is 10.1. The van der Waals surface area contributed by atoms with Crippen LogP contribution in [-0.4, -0.2) is 4.98 Å². The average Bonchev–Trinajstić information content (AvgIpc) is 2.69. The Balaban J connectivity index is 2.36. The number of aromatic nitrogens is 1. The van der Waals surface area contributed by atoms with Crippen LogP contribution >= 0.6 is 11.6 Å². The van der Waals surface area contributed by atoms with Crippen LogP contribution in [-0.2, 0) is 0 Å². The van der Waals surface area contributed by atoms with Gasteiger partial charge in [-0.15, -0.1) is 0 Å². The van der Waals surface area contributed by atoms with Gasteiger partial charge in [-0.05, 0) is 23.8 Å². The van der Waals surface area contributed by atoms with E-state index in [4.69, 9.17) is 11.6 Å². The maximum Gasteiger partial charge on any atom is 0.0478 e. The fourth-order valence-corrected chi connectivity index (χ4v) is 2.32. The Bertz CT molecular complexity index is 814. The van der Waals surface area contributed by atoms with E-state index in [0.717, 1.165) is 26.7 Å². The van der Waals surface area contributed by atoms with Gasteiger partial charge in [-0.25, -0.2) is 0 Å². The molecule has 0 aliphatic carbocycles. The maximum absolute atomic E-state index is 6.18. The molecule has 0 radical (unpaired) electrons. The Labute approximate surface area is 110 Å². The van der Waals surface area contributed by atoms with Crippen molar-refractivity contribution >= 4 is 35.2 Å². The number of aromatic amines is 1. The van der Waals surface area contributed by atoms with Crippen LogP contribution in [0, 0.1) is 0 Å². The van der Waals surface area contributed by atoms with Gasteiger partial charge in [0.15, 0.2) is 0 Å². The number of halogens is 1. The van der Waals surface area contributed by atoms with E-state index in [0.29, 0.717) is 0 Å². The topological polar surface area (TPSA) is 15.8 Å². The predicted molar refractivity (Wildman–Crippen MR) is 78.1 cm³/mol. The highest BCUT2D eigenvalue weighted by Crippen LogP contribution is 2.15. The molecule has 88 valence electrons. The van der Waals surface area contributed by atoms with Gasteiger partial charge in [0.25, 0.3) is 0 Å². The van der Waals surface area contributed by atoms with Crippen LogP contribution in [0.1, 0.15) is 5.56 Å². The summed E-state index contributed by atoms with van der Waals surface area (Å²) in [6.07, 6.45) is 2.07. The highest BCUT2D eigenvalue weighted by Gasteiger charge is 2.00. The van der Waals surface area contributed by atoms with Crippen molar-refractivity contribution in [2.75, 3.05) is 0 Å². The van der Waals surface area contributed by atoms with Crippen molar-refractivity contribution in [1.29, 1.82) is 0 Å². The smallest absolute Gasteiger partial charge is 0.0478 e. The molecule has 0 bridgehead atoms. The summed E-state index contributed by atoms with van der Waals surface area (Å²) in [5.74, 6) is 0. The summed E-state index contributed by atoms with van der Waals surface area (Å²) >= 11 is 6.18.